The van der Waals surface area contributed by atoms with Crippen molar-refractivity contribution < 1.29 is 4.39 Å². The van der Waals surface area contributed by atoms with Crippen molar-refractivity contribution in [2.75, 3.05) is 0 Å². The van der Waals surface area contributed by atoms with E-state index < -0.39 is 0 Å². The van der Waals surface area contributed by atoms with E-state index in [1.165, 1.54) is 12.1 Å². The fourth-order valence-corrected chi connectivity index (χ4v) is 2.20. The highest BCUT2D eigenvalue weighted by molar-refractivity contribution is 5.83. The maximum atomic E-state index is 13.3. The van der Waals surface area contributed by atoms with Gasteiger partial charge in [-0.1, -0.05) is 6.07 Å². The second-order valence-corrected chi connectivity index (χ2v) is 4.34. The first kappa shape index (κ1) is 11.6. The number of aryl methyl sites for hydroxylation is 2. The van der Waals surface area contributed by atoms with Gasteiger partial charge in [-0.25, -0.2) is 14.2 Å². The number of benzene rings is 1. The molecule has 0 aliphatic carbocycles. The van der Waals surface area contributed by atoms with Crippen LogP contribution in [-0.4, -0.2) is 20.0 Å². The first-order valence-corrected chi connectivity index (χ1v) is 5.78. The molecule has 0 unspecified atom stereocenters. The highest BCUT2D eigenvalue weighted by Gasteiger charge is 2.14. The average molecular weight is 258 g/mol. The van der Waals surface area contributed by atoms with Crippen LogP contribution >= 0.6 is 0 Å². The molecule has 2 aromatic heterocycles. The molecule has 1 N–H and O–H groups in total. The Hall–Kier alpha value is -2.50. The number of aromatic amines is 1. The standard InChI is InChI=1S/C13H11FN4O/c1-7-11-8(2)18(10-5-3-4-9(14)6-10)17-12(11)13(19)16-15-7/h3-6H,1-2H3,(H,16,19). The van der Waals surface area contributed by atoms with Crippen molar-refractivity contribution >= 4 is 10.9 Å². The van der Waals surface area contributed by atoms with Crippen molar-refractivity contribution in [2.24, 2.45) is 0 Å². The van der Waals surface area contributed by atoms with Crippen molar-refractivity contribution in [2.45, 2.75) is 13.8 Å². The van der Waals surface area contributed by atoms with Crippen LogP contribution in [0, 0.1) is 19.7 Å². The maximum Gasteiger partial charge on any atom is 0.292 e. The summed E-state index contributed by atoms with van der Waals surface area (Å²) in [7, 11) is 0. The van der Waals surface area contributed by atoms with Crippen molar-refractivity contribution in [1.29, 1.82) is 0 Å². The van der Waals surface area contributed by atoms with Crippen LogP contribution in [0.3, 0.4) is 0 Å². The minimum absolute atomic E-state index is 0.314. The molecule has 0 saturated heterocycles. The fraction of sp³-hybridized carbons (Fsp3) is 0.154. The Kier molecular flexibility index (Phi) is 2.45. The largest absolute Gasteiger partial charge is 0.292 e. The lowest BCUT2D eigenvalue weighted by atomic mass is 10.2. The Morgan fingerprint density at radius 2 is 2.11 bits per heavy atom. The van der Waals surface area contributed by atoms with Gasteiger partial charge in [-0.05, 0) is 32.0 Å². The molecule has 0 bridgehead atoms. The van der Waals surface area contributed by atoms with Crippen LogP contribution in [-0.2, 0) is 0 Å². The summed E-state index contributed by atoms with van der Waals surface area (Å²) in [4.78, 5) is 11.7. The SMILES string of the molecule is Cc1n[nH]c(=O)c2nn(-c3cccc(F)c3)c(C)c12. The molecule has 96 valence electrons. The summed E-state index contributed by atoms with van der Waals surface area (Å²) in [5, 5.41) is 11.3. The normalized spacial score (nSPS) is 11.1. The van der Waals surface area contributed by atoms with Crippen LogP contribution in [0.4, 0.5) is 4.39 Å². The van der Waals surface area contributed by atoms with E-state index in [2.05, 4.69) is 15.3 Å². The minimum atomic E-state index is -0.348. The summed E-state index contributed by atoms with van der Waals surface area (Å²) < 4.78 is 14.8. The number of nitrogens with one attached hydrogen (secondary N) is 1. The van der Waals surface area contributed by atoms with E-state index in [0.717, 1.165) is 5.69 Å². The fourth-order valence-electron chi connectivity index (χ4n) is 2.20. The minimum Gasteiger partial charge on any atom is -0.265 e. The molecule has 3 rings (SSSR count). The third-order valence-corrected chi connectivity index (χ3v) is 3.07. The molecule has 0 amide bonds. The van der Waals surface area contributed by atoms with Gasteiger partial charge in [0, 0.05) is 0 Å². The van der Waals surface area contributed by atoms with Gasteiger partial charge >= 0.3 is 0 Å². The molecule has 5 nitrogen and oxygen atoms in total. The lowest BCUT2D eigenvalue weighted by Crippen LogP contribution is -2.09. The van der Waals surface area contributed by atoms with Gasteiger partial charge in [-0.2, -0.15) is 10.2 Å². The molecule has 6 heteroatoms. The first-order chi connectivity index (χ1) is 9.08. The Labute approximate surface area is 107 Å². The number of nitrogens with zero attached hydrogens (tertiary/aromatic N) is 3. The summed E-state index contributed by atoms with van der Waals surface area (Å²) in [6, 6.07) is 6.07. The summed E-state index contributed by atoms with van der Waals surface area (Å²) in [6.07, 6.45) is 0. The smallest absolute Gasteiger partial charge is 0.265 e. The number of hydrogen-bond donors (Lipinski definition) is 1. The average Bonchev–Trinajstić information content (AvgIpc) is 2.73. The third kappa shape index (κ3) is 1.72. The first-order valence-electron chi connectivity index (χ1n) is 5.78. The van der Waals surface area contributed by atoms with E-state index in [4.69, 9.17) is 0 Å². The molecule has 3 aromatic rings. The topological polar surface area (TPSA) is 63.6 Å². The van der Waals surface area contributed by atoms with E-state index in [0.29, 0.717) is 22.3 Å². The molecule has 0 fully saturated rings. The van der Waals surface area contributed by atoms with Crippen LogP contribution in [0.1, 0.15) is 11.4 Å². The van der Waals surface area contributed by atoms with E-state index in [-0.39, 0.29) is 11.4 Å². The zero-order valence-corrected chi connectivity index (χ0v) is 10.4. The molecule has 19 heavy (non-hydrogen) atoms. The van der Waals surface area contributed by atoms with Crippen molar-refractivity contribution in [3.05, 3.63) is 51.8 Å². The number of fused-ring (bicyclic) bond motifs is 1. The highest BCUT2D eigenvalue weighted by atomic mass is 19.1. The lowest BCUT2D eigenvalue weighted by molar-refractivity contribution is 0.625. The predicted octanol–water partition coefficient (Wildman–Crippen LogP) is 1.86. The molecule has 0 saturated carbocycles. The van der Waals surface area contributed by atoms with Gasteiger partial charge in [-0.15, -0.1) is 0 Å². The Morgan fingerprint density at radius 3 is 2.79 bits per heavy atom. The van der Waals surface area contributed by atoms with Crippen LogP contribution in [0.25, 0.3) is 16.6 Å². The van der Waals surface area contributed by atoms with Gasteiger partial charge in [0.05, 0.1) is 22.5 Å². The number of aromatic nitrogens is 4. The van der Waals surface area contributed by atoms with Crippen LogP contribution in [0.2, 0.25) is 0 Å². The summed E-state index contributed by atoms with van der Waals surface area (Å²) >= 11 is 0. The van der Waals surface area contributed by atoms with Crippen LogP contribution in [0.5, 0.6) is 0 Å². The molecular formula is C13H11FN4O. The summed E-state index contributed by atoms with van der Waals surface area (Å²) in [5.41, 5.74) is 1.99. The number of hydrogen-bond acceptors (Lipinski definition) is 3. The number of H-pyrrole nitrogens is 1. The second kappa shape index (κ2) is 4.01. The van der Waals surface area contributed by atoms with E-state index >= 15 is 0 Å². The van der Waals surface area contributed by atoms with Gasteiger partial charge in [0.25, 0.3) is 5.56 Å². The molecule has 0 atom stereocenters. The van der Waals surface area contributed by atoms with Gasteiger partial charge in [0.2, 0.25) is 0 Å². The Balaban J connectivity index is 2.38. The quantitative estimate of drug-likeness (QED) is 0.724. The van der Waals surface area contributed by atoms with Gasteiger partial charge in [-0.3, -0.25) is 4.79 Å². The predicted molar refractivity (Wildman–Crippen MR) is 68.9 cm³/mol. The maximum absolute atomic E-state index is 13.3. The molecular weight excluding hydrogens is 247 g/mol. The molecule has 2 heterocycles. The van der Waals surface area contributed by atoms with Crippen LogP contribution in [0.15, 0.2) is 29.1 Å². The highest BCUT2D eigenvalue weighted by Crippen LogP contribution is 2.20. The van der Waals surface area contributed by atoms with Gasteiger partial charge in [0.1, 0.15) is 5.82 Å². The molecule has 0 aliphatic rings. The van der Waals surface area contributed by atoms with Gasteiger partial charge < -0.3 is 0 Å². The van der Waals surface area contributed by atoms with Crippen molar-refractivity contribution in [3.63, 3.8) is 0 Å². The van der Waals surface area contributed by atoms with Gasteiger partial charge in [0.15, 0.2) is 5.52 Å². The van der Waals surface area contributed by atoms with E-state index in [1.54, 1.807) is 23.7 Å². The Bertz CT molecular complexity index is 834. The van der Waals surface area contributed by atoms with Crippen molar-refractivity contribution in [3.8, 4) is 5.69 Å². The number of halogens is 1. The lowest BCUT2D eigenvalue weighted by Gasteiger charge is -2.03. The second-order valence-electron chi connectivity index (χ2n) is 4.34. The molecule has 0 aliphatic heterocycles. The van der Waals surface area contributed by atoms with Crippen LogP contribution < -0.4 is 5.56 Å². The third-order valence-electron chi connectivity index (χ3n) is 3.07. The summed E-state index contributed by atoms with van der Waals surface area (Å²) in [6.45, 7) is 3.62. The van der Waals surface area contributed by atoms with Crippen molar-refractivity contribution in [1.82, 2.24) is 20.0 Å². The zero-order chi connectivity index (χ0) is 13.6. The monoisotopic (exact) mass is 258 g/mol. The van der Waals surface area contributed by atoms with E-state index in [9.17, 15) is 9.18 Å². The summed E-state index contributed by atoms with van der Waals surface area (Å²) in [5.74, 6) is -0.347. The molecule has 1 aromatic carbocycles. The molecule has 0 spiro atoms. The molecule has 0 radical (unpaired) electrons. The Morgan fingerprint density at radius 1 is 1.32 bits per heavy atom. The zero-order valence-electron chi connectivity index (χ0n) is 10.4. The number of rotatable bonds is 1. The van der Waals surface area contributed by atoms with E-state index in [1.807, 2.05) is 6.92 Å².